The zero-order valence-corrected chi connectivity index (χ0v) is 21.2. The summed E-state index contributed by atoms with van der Waals surface area (Å²) in [5.74, 6) is 2.22. The molecule has 3 aromatic carbocycles. The van der Waals surface area contributed by atoms with Gasteiger partial charge in [0.05, 0.1) is 5.69 Å². The summed E-state index contributed by atoms with van der Waals surface area (Å²) in [5.41, 5.74) is 7.26. The Labute approximate surface area is 222 Å². The van der Waals surface area contributed by atoms with Gasteiger partial charge in [0.15, 0.2) is 11.6 Å². The van der Waals surface area contributed by atoms with Crippen LogP contribution < -0.4 is 14.7 Å². The quantitative estimate of drug-likeness (QED) is 0.301. The lowest BCUT2D eigenvalue weighted by Gasteiger charge is -2.52. The van der Waals surface area contributed by atoms with E-state index in [-0.39, 0.29) is 24.2 Å². The summed E-state index contributed by atoms with van der Waals surface area (Å²) >= 11 is 0. The Hall–Kier alpha value is -4.58. The molecule has 6 heteroatoms. The van der Waals surface area contributed by atoms with Crippen molar-refractivity contribution in [1.29, 1.82) is 0 Å². The number of fused-ring (bicyclic) bond motifs is 12. The van der Waals surface area contributed by atoms with Gasteiger partial charge in [0, 0.05) is 60.6 Å². The molecule has 4 aromatic rings. The van der Waals surface area contributed by atoms with E-state index in [0.29, 0.717) is 0 Å². The lowest BCUT2D eigenvalue weighted by atomic mass is 9.72. The second kappa shape index (κ2) is 7.96. The molecule has 5 heterocycles. The topological polar surface area (TPSA) is 38.7 Å². The van der Waals surface area contributed by atoms with Crippen molar-refractivity contribution < 1.29 is 0 Å². The Morgan fingerprint density at radius 1 is 0.737 bits per heavy atom. The summed E-state index contributed by atoms with van der Waals surface area (Å²) in [6, 6.07) is 28.2. The summed E-state index contributed by atoms with van der Waals surface area (Å²) in [6.07, 6.45) is 9.05. The molecule has 0 N–H and O–H groups in total. The highest BCUT2D eigenvalue weighted by Gasteiger charge is 2.55. The Morgan fingerprint density at radius 2 is 1.42 bits per heavy atom. The van der Waals surface area contributed by atoms with Gasteiger partial charge in [-0.15, -0.1) is 0 Å². The monoisotopic (exact) mass is 496 g/mol. The first-order valence-electron chi connectivity index (χ1n) is 13.2. The van der Waals surface area contributed by atoms with E-state index in [1.165, 1.54) is 16.8 Å². The maximum absolute atomic E-state index is 4.95. The minimum atomic E-state index is -0.0442. The molecule has 4 atom stereocenters. The van der Waals surface area contributed by atoms with Gasteiger partial charge in [0.2, 0.25) is 0 Å². The predicted octanol–water partition coefficient (Wildman–Crippen LogP) is 6.47. The highest BCUT2D eigenvalue weighted by Crippen LogP contribution is 2.58. The number of allylic oxidation sites excluding steroid dienone is 1. The number of aromatic nitrogens is 2. The second-order valence-electron chi connectivity index (χ2n) is 10.5. The van der Waals surface area contributed by atoms with E-state index >= 15 is 0 Å². The van der Waals surface area contributed by atoms with Crippen LogP contribution in [0.25, 0.3) is 5.57 Å². The number of nitrogens with zero attached hydrogens (tertiary/aromatic N) is 6. The minimum Gasteiger partial charge on any atom is -0.358 e. The number of hydrogen-bond acceptors (Lipinski definition) is 6. The smallest absolute Gasteiger partial charge is 0.178 e. The summed E-state index contributed by atoms with van der Waals surface area (Å²) < 4.78 is 0. The van der Waals surface area contributed by atoms with Crippen molar-refractivity contribution in [2.45, 2.75) is 24.7 Å². The SMILES string of the molecule is C=C1CC2c3ccccc3N3C=CN(C)C3C2C2N(c3ccccc3)c3nccnc3N2c2ccccc21. The van der Waals surface area contributed by atoms with Crippen LogP contribution in [-0.2, 0) is 0 Å². The van der Waals surface area contributed by atoms with Crippen molar-refractivity contribution in [2.75, 3.05) is 21.7 Å². The van der Waals surface area contributed by atoms with Gasteiger partial charge in [0.1, 0.15) is 12.3 Å². The van der Waals surface area contributed by atoms with Crippen LogP contribution in [0.1, 0.15) is 23.5 Å². The summed E-state index contributed by atoms with van der Waals surface area (Å²) in [7, 11) is 2.20. The molecule has 0 aliphatic carbocycles. The largest absolute Gasteiger partial charge is 0.358 e. The zero-order valence-electron chi connectivity index (χ0n) is 21.2. The highest BCUT2D eigenvalue weighted by atomic mass is 15.5. The molecule has 0 saturated carbocycles. The fourth-order valence-corrected chi connectivity index (χ4v) is 7.14. The first-order chi connectivity index (χ1) is 18.7. The van der Waals surface area contributed by atoms with Crippen molar-refractivity contribution in [2.24, 2.45) is 5.92 Å². The van der Waals surface area contributed by atoms with Crippen molar-refractivity contribution in [1.82, 2.24) is 14.9 Å². The molecule has 38 heavy (non-hydrogen) atoms. The third-order valence-corrected chi connectivity index (χ3v) is 8.62. The zero-order chi connectivity index (χ0) is 25.4. The normalized spacial score (nSPS) is 24.6. The molecule has 0 bridgehead atoms. The van der Waals surface area contributed by atoms with Crippen molar-refractivity contribution >= 4 is 34.3 Å². The molecule has 1 aromatic heterocycles. The van der Waals surface area contributed by atoms with Crippen LogP contribution in [0, 0.1) is 5.92 Å². The van der Waals surface area contributed by atoms with Crippen molar-refractivity contribution in [3.8, 4) is 0 Å². The Kier molecular flexibility index (Phi) is 4.50. The van der Waals surface area contributed by atoms with E-state index in [0.717, 1.165) is 35.0 Å². The minimum absolute atomic E-state index is 0.0442. The van der Waals surface area contributed by atoms with Crippen molar-refractivity contribution in [3.05, 3.63) is 121 Å². The second-order valence-corrected chi connectivity index (χ2v) is 10.5. The average molecular weight is 497 g/mol. The Bertz CT molecular complexity index is 1600. The molecule has 186 valence electrons. The summed E-state index contributed by atoms with van der Waals surface area (Å²) in [6.45, 7) is 4.65. The molecule has 4 aliphatic heterocycles. The van der Waals surface area contributed by atoms with Gasteiger partial charge < -0.3 is 19.6 Å². The first kappa shape index (κ1) is 21.5. The number of anilines is 5. The number of hydrogen-bond donors (Lipinski definition) is 0. The highest BCUT2D eigenvalue weighted by molar-refractivity contribution is 5.89. The number of para-hydroxylation sites is 3. The van der Waals surface area contributed by atoms with Gasteiger partial charge in [-0.3, -0.25) is 0 Å². The molecule has 0 saturated heterocycles. The number of rotatable bonds is 1. The maximum Gasteiger partial charge on any atom is 0.178 e. The summed E-state index contributed by atoms with van der Waals surface area (Å²) in [4.78, 5) is 19.6. The molecule has 8 rings (SSSR count). The molecule has 6 nitrogen and oxygen atoms in total. The standard InChI is InChI=1S/C32H28N6/c1-21-20-25-24-13-7-8-14-26(24)36-19-18-35(2)31(36)28(25)32-37(22-10-4-3-5-11-22)29-30(34-17-16-33-29)38(32)27-15-9-6-12-23(21)27/h3-19,25,28,31-32H,1,20H2,2H3. The van der Waals surface area contributed by atoms with Gasteiger partial charge in [-0.2, -0.15) is 0 Å². The average Bonchev–Trinajstić information content (AvgIpc) is 3.51. The van der Waals surface area contributed by atoms with Crippen LogP contribution in [0.4, 0.5) is 28.7 Å². The molecular weight excluding hydrogens is 468 g/mol. The molecule has 4 unspecified atom stereocenters. The summed E-state index contributed by atoms with van der Waals surface area (Å²) in [5, 5.41) is 0. The molecular formula is C32H28N6. The van der Waals surface area contributed by atoms with E-state index in [1.54, 1.807) is 0 Å². The molecule has 4 aliphatic rings. The van der Waals surface area contributed by atoms with Crippen LogP contribution in [0.3, 0.4) is 0 Å². The van der Waals surface area contributed by atoms with Gasteiger partial charge in [0.25, 0.3) is 0 Å². The van der Waals surface area contributed by atoms with Gasteiger partial charge in [-0.1, -0.05) is 61.2 Å². The van der Waals surface area contributed by atoms with Gasteiger partial charge in [-0.05, 0) is 41.8 Å². The molecule has 0 amide bonds. The third-order valence-electron chi connectivity index (χ3n) is 8.62. The predicted molar refractivity (Wildman–Crippen MR) is 152 cm³/mol. The van der Waals surface area contributed by atoms with Crippen LogP contribution in [0.5, 0.6) is 0 Å². The number of benzene rings is 3. The van der Waals surface area contributed by atoms with Crippen LogP contribution in [-0.4, -0.2) is 34.2 Å². The Balaban J connectivity index is 1.45. The van der Waals surface area contributed by atoms with Gasteiger partial charge in [-0.25, -0.2) is 9.97 Å². The molecule has 0 radical (unpaired) electrons. The van der Waals surface area contributed by atoms with E-state index in [1.807, 2.05) is 12.4 Å². The lowest BCUT2D eigenvalue weighted by molar-refractivity contribution is 0.185. The fraction of sp³-hybridized carbons (Fsp3) is 0.188. The van der Waals surface area contributed by atoms with E-state index in [2.05, 4.69) is 124 Å². The van der Waals surface area contributed by atoms with Crippen LogP contribution in [0.15, 0.2) is 110 Å². The van der Waals surface area contributed by atoms with E-state index < -0.39 is 0 Å². The maximum atomic E-state index is 4.95. The van der Waals surface area contributed by atoms with Gasteiger partial charge >= 0.3 is 0 Å². The van der Waals surface area contributed by atoms with Crippen LogP contribution >= 0.6 is 0 Å². The fourth-order valence-electron chi connectivity index (χ4n) is 7.14. The molecule has 0 spiro atoms. The molecule has 0 fully saturated rings. The first-order valence-corrected chi connectivity index (χ1v) is 13.2. The Morgan fingerprint density at radius 3 is 2.24 bits per heavy atom. The van der Waals surface area contributed by atoms with Crippen molar-refractivity contribution in [3.63, 3.8) is 0 Å². The van der Waals surface area contributed by atoms with Crippen LogP contribution in [0.2, 0.25) is 0 Å². The third kappa shape index (κ3) is 2.83. The van der Waals surface area contributed by atoms with E-state index in [9.17, 15) is 0 Å². The lowest BCUT2D eigenvalue weighted by Crippen LogP contribution is -2.59. The van der Waals surface area contributed by atoms with E-state index in [4.69, 9.17) is 9.97 Å².